The Morgan fingerprint density at radius 3 is 2.62 bits per heavy atom. The van der Waals surface area contributed by atoms with Gasteiger partial charge in [0.15, 0.2) is 4.90 Å². The van der Waals surface area contributed by atoms with E-state index < -0.39 is 37.5 Å². The molecule has 1 aromatic rings. The molecule has 0 aliphatic carbocycles. The fourth-order valence-corrected chi connectivity index (χ4v) is 3.18. The number of nitro benzene ring substituents is 1. The van der Waals surface area contributed by atoms with Crippen molar-refractivity contribution in [3.05, 3.63) is 33.3 Å². The molecule has 0 saturated heterocycles. The zero-order valence-corrected chi connectivity index (χ0v) is 12.5. The van der Waals surface area contributed by atoms with Gasteiger partial charge in [0, 0.05) is 11.1 Å². The van der Waals surface area contributed by atoms with Gasteiger partial charge in [-0.25, -0.2) is 8.42 Å². The van der Waals surface area contributed by atoms with Gasteiger partial charge < -0.3 is 5.11 Å². The molecule has 1 rings (SSSR count). The van der Waals surface area contributed by atoms with Crippen LogP contribution in [0, 0.1) is 10.1 Å². The summed E-state index contributed by atoms with van der Waals surface area (Å²) in [6.45, 7) is 1.69. The summed E-state index contributed by atoms with van der Waals surface area (Å²) in [5.74, 6) is -1.35. The fourth-order valence-electron chi connectivity index (χ4n) is 1.63. The van der Waals surface area contributed by atoms with Crippen LogP contribution >= 0.6 is 11.6 Å². The van der Waals surface area contributed by atoms with E-state index >= 15 is 0 Å². The van der Waals surface area contributed by atoms with Crippen molar-refractivity contribution in [3.8, 4) is 0 Å². The topological polar surface area (TPSA) is 127 Å². The maximum absolute atomic E-state index is 12.1. The molecule has 2 N–H and O–H groups in total. The van der Waals surface area contributed by atoms with Gasteiger partial charge in [0.1, 0.15) is 6.04 Å². The number of nitro groups is 1. The number of rotatable bonds is 7. The number of aliphatic carboxylic acids is 1. The molecule has 1 aromatic carbocycles. The summed E-state index contributed by atoms with van der Waals surface area (Å²) in [6, 6.07) is 1.69. The summed E-state index contributed by atoms with van der Waals surface area (Å²) in [5, 5.41) is 19.9. The molecule has 0 amide bonds. The highest BCUT2D eigenvalue weighted by Gasteiger charge is 2.30. The Labute approximate surface area is 125 Å². The maximum Gasteiger partial charge on any atom is 0.321 e. The molecule has 0 saturated carbocycles. The molecule has 0 unspecified atom stereocenters. The quantitative estimate of drug-likeness (QED) is 0.577. The van der Waals surface area contributed by atoms with Crippen molar-refractivity contribution < 1.29 is 23.2 Å². The van der Waals surface area contributed by atoms with Gasteiger partial charge in [-0.3, -0.25) is 14.9 Å². The van der Waals surface area contributed by atoms with Crippen LogP contribution in [-0.2, 0) is 14.8 Å². The Morgan fingerprint density at radius 1 is 1.52 bits per heavy atom. The summed E-state index contributed by atoms with van der Waals surface area (Å²) >= 11 is 5.60. The number of sulfonamides is 1. The van der Waals surface area contributed by atoms with Gasteiger partial charge in [0.2, 0.25) is 10.0 Å². The molecule has 0 heterocycles. The van der Waals surface area contributed by atoms with E-state index in [0.29, 0.717) is 6.42 Å². The third kappa shape index (κ3) is 4.38. The third-order valence-corrected chi connectivity index (χ3v) is 4.33. The summed E-state index contributed by atoms with van der Waals surface area (Å²) in [6.07, 6.45) is 0.498. The van der Waals surface area contributed by atoms with Gasteiger partial charge in [0.05, 0.1) is 4.92 Å². The average molecular weight is 337 g/mol. The van der Waals surface area contributed by atoms with E-state index in [-0.39, 0.29) is 11.4 Å². The van der Waals surface area contributed by atoms with E-state index in [1.165, 1.54) is 6.07 Å². The van der Waals surface area contributed by atoms with Gasteiger partial charge in [-0.05, 0) is 18.6 Å². The van der Waals surface area contributed by atoms with Crippen LogP contribution in [0.25, 0.3) is 0 Å². The molecule has 1 atom stereocenters. The molecule has 21 heavy (non-hydrogen) atoms. The smallest absolute Gasteiger partial charge is 0.321 e. The van der Waals surface area contributed by atoms with E-state index in [4.69, 9.17) is 16.7 Å². The molecule has 0 aliphatic heterocycles. The van der Waals surface area contributed by atoms with Crippen molar-refractivity contribution >= 4 is 33.3 Å². The highest BCUT2D eigenvalue weighted by atomic mass is 35.5. The lowest BCUT2D eigenvalue weighted by atomic mass is 10.2. The Balaban J connectivity index is 3.25. The standard InChI is InChI=1S/C11H13ClN2O6S/c1-2-3-8(11(15)16)13-21(19,20)10-5-4-7(12)6-9(10)14(17)18/h4-6,8,13H,2-3H2,1H3,(H,15,16)/t8-/m0/s1. The molecule has 0 aromatic heterocycles. The SMILES string of the molecule is CCC[C@H](NS(=O)(=O)c1ccc(Cl)cc1[N+](=O)[O-])C(=O)O. The Kier molecular flexibility index (Phi) is 5.64. The highest BCUT2D eigenvalue weighted by molar-refractivity contribution is 7.89. The molecular weight excluding hydrogens is 324 g/mol. The van der Waals surface area contributed by atoms with Crippen molar-refractivity contribution in [2.75, 3.05) is 0 Å². The van der Waals surface area contributed by atoms with Crippen LogP contribution in [0.5, 0.6) is 0 Å². The van der Waals surface area contributed by atoms with Gasteiger partial charge in [-0.2, -0.15) is 4.72 Å². The molecule has 116 valence electrons. The van der Waals surface area contributed by atoms with Crippen LogP contribution in [0.1, 0.15) is 19.8 Å². The third-order valence-electron chi connectivity index (χ3n) is 2.58. The summed E-state index contributed by atoms with van der Waals surface area (Å²) in [5.41, 5.74) is -0.712. The number of halogens is 1. The maximum atomic E-state index is 12.1. The van der Waals surface area contributed by atoms with E-state index in [9.17, 15) is 23.3 Å². The zero-order valence-electron chi connectivity index (χ0n) is 10.9. The molecule has 10 heteroatoms. The van der Waals surface area contributed by atoms with Crippen molar-refractivity contribution in [2.24, 2.45) is 0 Å². The summed E-state index contributed by atoms with van der Waals surface area (Å²) in [4.78, 5) is 20.4. The predicted molar refractivity (Wildman–Crippen MR) is 74.8 cm³/mol. The number of benzene rings is 1. The van der Waals surface area contributed by atoms with Crippen LogP contribution < -0.4 is 4.72 Å². The van der Waals surface area contributed by atoms with Gasteiger partial charge >= 0.3 is 5.97 Å². The zero-order chi connectivity index (χ0) is 16.2. The average Bonchev–Trinajstić information content (AvgIpc) is 2.37. The van der Waals surface area contributed by atoms with E-state index in [1.807, 2.05) is 4.72 Å². The first kappa shape index (κ1) is 17.3. The first-order chi connectivity index (χ1) is 9.69. The number of hydrogen-bond acceptors (Lipinski definition) is 5. The van der Waals surface area contributed by atoms with E-state index in [1.54, 1.807) is 6.92 Å². The van der Waals surface area contributed by atoms with E-state index in [2.05, 4.69) is 0 Å². The lowest BCUT2D eigenvalue weighted by Crippen LogP contribution is -2.40. The van der Waals surface area contributed by atoms with Crippen LogP contribution in [0.4, 0.5) is 5.69 Å². The number of nitrogens with zero attached hydrogens (tertiary/aromatic N) is 1. The Hall–Kier alpha value is -1.71. The number of carboxylic acid groups (broad SMARTS) is 1. The van der Waals surface area contributed by atoms with Crippen LogP contribution in [0.15, 0.2) is 23.1 Å². The first-order valence-electron chi connectivity index (χ1n) is 5.88. The first-order valence-corrected chi connectivity index (χ1v) is 7.74. The number of hydrogen-bond donors (Lipinski definition) is 2. The second-order valence-electron chi connectivity index (χ2n) is 4.17. The second-order valence-corrected chi connectivity index (χ2v) is 6.29. The monoisotopic (exact) mass is 336 g/mol. The van der Waals surface area contributed by atoms with Crippen molar-refractivity contribution in [1.29, 1.82) is 0 Å². The predicted octanol–water partition coefficient (Wildman–Crippen LogP) is 1.78. The van der Waals surface area contributed by atoms with Crippen LogP contribution in [-0.4, -0.2) is 30.5 Å². The van der Waals surface area contributed by atoms with Crippen molar-refractivity contribution in [3.63, 3.8) is 0 Å². The largest absolute Gasteiger partial charge is 0.480 e. The van der Waals surface area contributed by atoms with Gasteiger partial charge in [0.25, 0.3) is 5.69 Å². The minimum absolute atomic E-state index is 0.00370. The van der Waals surface area contributed by atoms with Crippen molar-refractivity contribution in [2.45, 2.75) is 30.7 Å². The summed E-state index contributed by atoms with van der Waals surface area (Å²) < 4.78 is 26.2. The lowest BCUT2D eigenvalue weighted by Gasteiger charge is -2.14. The van der Waals surface area contributed by atoms with Crippen molar-refractivity contribution in [1.82, 2.24) is 4.72 Å². The van der Waals surface area contributed by atoms with Crippen LogP contribution in [0.2, 0.25) is 5.02 Å². The molecule has 0 bridgehead atoms. The number of carbonyl (C=O) groups is 1. The van der Waals surface area contributed by atoms with Gasteiger partial charge in [-0.15, -0.1) is 0 Å². The molecule has 8 nitrogen and oxygen atoms in total. The number of nitrogens with one attached hydrogen (secondary N) is 1. The Bertz CT molecular complexity index is 661. The number of carboxylic acids is 1. The van der Waals surface area contributed by atoms with Gasteiger partial charge in [-0.1, -0.05) is 24.9 Å². The molecule has 0 spiro atoms. The molecule has 0 aliphatic rings. The van der Waals surface area contributed by atoms with Crippen LogP contribution in [0.3, 0.4) is 0 Å². The minimum atomic E-state index is -4.35. The molecular formula is C11H13ClN2O6S. The second kappa shape index (κ2) is 6.83. The summed E-state index contributed by atoms with van der Waals surface area (Å²) in [7, 11) is -4.35. The highest BCUT2D eigenvalue weighted by Crippen LogP contribution is 2.27. The lowest BCUT2D eigenvalue weighted by molar-refractivity contribution is -0.387. The molecule has 0 radical (unpaired) electrons. The fraction of sp³-hybridized carbons (Fsp3) is 0.364. The molecule has 0 fully saturated rings. The normalized spacial score (nSPS) is 12.9. The minimum Gasteiger partial charge on any atom is -0.480 e. The van der Waals surface area contributed by atoms with E-state index in [0.717, 1.165) is 12.1 Å². The Morgan fingerprint density at radius 2 is 2.14 bits per heavy atom.